The van der Waals surface area contributed by atoms with Crippen molar-refractivity contribution in [3.05, 3.63) is 23.7 Å². The second kappa shape index (κ2) is 5.95. The van der Waals surface area contributed by atoms with Crippen LogP contribution in [0.4, 0.5) is 0 Å². The number of nitrogens with zero attached hydrogens (tertiary/aromatic N) is 1. The molecule has 98 valence electrons. The van der Waals surface area contributed by atoms with E-state index in [1.165, 1.54) is 12.3 Å². The molecule has 1 saturated heterocycles. The normalized spacial score (nSPS) is 16.3. The van der Waals surface area contributed by atoms with E-state index in [0.29, 0.717) is 0 Å². The molecule has 1 aliphatic rings. The van der Waals surface area contributed by atoms with E-state index >= 15 is 0 Å². The van der Waals surface area contributed by atoms with Gasteiger partial charge in [-0.15, -0.1) is 0 Å². The number of aromatic carboxylic acids is 1. The lowest BCUT2D eigenvalue weighted by Crippen LogP contribution is -2.34. The molecule has 0 bridgehead atoms. The van der Waals surface area contributed by atoms with Crippen LogP contribution in [0.15, 0.2) is 16.7 Å². The minimum absolute atomic E-state index is 0.0271. The maximum atomic E-state index is 12.1. The van der Waals surface area contributed by atoms with Crippen molar-refractivity contribution in [3.63, 3.8) is 0 Å². The van der Waals surface area contributed by atoms with Gasteiger partial charge < -0.3 is 14.4 Å². The number of amides is 1. The number of carboxylic acid groups (broad SMARTS) is 1. The fraction of sp³-hybridized carbons (Fsp3) is 0.500. The van der Waals surface area contributed by atoms with Gasteiger partial charge in [0.1, 0.15) is 11.3 Å². The van der Waals surface area contributed by atoms with Crippen LogP contribution in [0, 0.1) is 0 Å². The van der Waals surface area contributed by atoms with Gasteiger partial charge in [0.05, 0.1) is 12.7 Å². The summed E-state index contributed by atoms with van der Waals surface area (Å²) in [4.78, 5) is 24.8. The van der Waals surface area contributed by atoms with Crippen LogP contribution in [0.25, 0.3) is 0 Å². The van der Waals surface area contributed by atoms with Gasteiger partial charge in [-0.25, -0.2) is 4.79 Å². The minimum atomic E-state index is -1.06. The number of carbonyl (C=O) groups excluding carboxylic acids is 1. The molecule has 18 heavy (non-hydrogen) atoms. The molecule has 0 saturated carbocycles. The summed E-state index contributed by atoms with van der Waals surface area (Å²) in [5.41, 5.74) is 0.0764. The van der Waals surface area contributed by atoms with Crippen LogP contribution in [-0.2, 0) is 11.2 Å². The van der Waals surface area contributed by atoms with Crippen LogP contribution in [0.1, 0.15) is 22.5 Å². The predicted molar refractivity (Wildman–Crippen MR) is 67.9 cm³/mol. The quantitative estimate of drug-likeness (QED) is 0.900. The topological polar surface area (TPSA) is 70.7 Å². The minimum Gasteiger partial charge on any atom is -0.478 e. The second-order valence-corrected chi connectivity index (χ2v) is 5.31. The standard InChI is InChI=1S/C12H15NO4S/c14-11(13-3-1-6-18-7-4-13)8-10-9(12(15)16)2-5-17-10/h2,5H,1,3-4,6-8H2,(H,15,16). The van der Waals surface area contributed by atoms with E-state index in [0.717, 1.165) is 31.0 Å². The summed E-state index contributed by atoms with van der Waals surface area (Å²) >= 11 is 1.84. The van der Waals surface area contributed by atoms with Crippen molar-refractivity contribution in [2.24, 2.45) is 0 Å². The largest absolute Gasteiger partial charge is 0.478 e. The number of thioether (sulfide) groups is 1. The van der Waals surface area contributed by atoms with Crippen LogP contribution in [0.2, 0.25) is 0 Å². The van der Waals surface area contributed by atoms with E-state index in [-0.39, 0.29) is 23.7 Å². The molecule has 1 aliphatic heterocycles. The Morgan fingerprint density at radius 2 is 2.22 bits per heavy atom. The van der Waals surface area contributed by atoms with Crippen molar-refractivity contribution < 1.29 is 19.1 Å². The third-order valence-electron chi connectivity index (χ3n) is 2.86. The molecule has 0 aromatic carbocycles. The molecule has 1 aromatic rings. The van der Waals surface area contributed by atoms with E-state index in [1.54, 1.807) is 4.90 Å². The Bertz CT molecular complexity index is 435. The van der Waals surface area contributed by atoms with Gasteiger partial charge in [0.25, 0.3) is 0 Å². The summed E-state index contributed by atoms with van der Waals surface area (Å²) in [5.74, 6) is 1.14. The molecule has 1 fully saturated rings. The van der Waals surface area contributed by atoms with Gasteiger partial charge in [0.15, 0.2) is 0 Å². The number of hydrogen-bond acceptors (Lipinski definition) is 4. The number of carbonyl (C=O) groups is 2. The Kier molecular flexibility index (Phi) is 4.30. The molecule has 0 atom stereocenters. The highest BCUT2D eigenvalue weighted by Crippen LogP contribution is 2.15. The Hall–Kier alpha value is -1.43. The maximum absolute atomic E-state index is 12.1. The molecule has 2 rings (SSSR count). The van der Waals surface area contributed by atoms with Crippen LogP contribution < -0.4 is 0 Å². The van der Waals surface area contributed by atoms with Crippen LogP contribution in [0.3, 0.4) is 0 Å². The third kappa shape index (κ3) is 3.07. The molecule has 1 amide bonds. The smallest absolute Gasteiger partial charge is 0.339 e. The van der Waals surface area contributed by atoms with Crippen molar-refractivity contribution in [2.75, 3.05) is 24.6 Å². The van der Waals surface area contributed by atoms with Gasteiger partial charge in [-0.1, -0.05) is 0 Å². The fourth-order valence-corrected chi connectivity index (χ4v) is 2.80. The van der Waals surface area contributed by atoms with Gasteiger partial charge in [-0.3, -0.25) is 4.79 Å². The highest BCUT2D eigenvalue weighted by Gasteiger charge is 2.21. The SMILES string of the molecule is O=C(O)c1ccoc1CC(=O)N1CCCSCC1. The lowest BCUT2D eigenvalue weighted by molar-refractivity contribution is -0.130. The molecule has 1 N–H and O–H groups in total. The van der Waals surface area contributed by atoms with E-state index in [1.807, 2.05) is 11.8 Å². The second-order valence-electron chi connectivity index (χ2n) is 4.09. The Morgan fingerprint density at radius 3 is 3.00 bits per heavy atom. The highest BCUT2D eigenvalue weighted by molar-refractivity contribution is 7.99. The van der Waals surface area contributed by atoms with Gasteiger partial charge in [-0.05, 0) is 18.2 Å². The first kappa shape index (κ1) is 13.0. The average Bonchev–Trinajstić information content (AvgIpc) is 2.63. The number of hydrogen-bond donors (Lipinski definition) is 1. The lowest BCUT2D eigenvalue weighted by Gasteiger charge is -2.19. The van der Waals surface area contributed by atoms with Crippen molar-refractivity contribution in [2.45, 2.75) is 12.8 Å². The number of furan rings is 1. The molecule has 1 aromatic heterocycles. The molecule has 0 spiro atoms. The molecular formula is C12H15NO4S. The zero-order chi connectivity index (χ0) is 13.0. The first-order valence-electron chi connectivity index (χ1n) is 5.83. The number of rotatable bonds is 3. The molecule has 0 radical (unpaired) electrons. The van der Waals surface area contributed by atoms with E-state index < -0.39 is 5.97 Å². The predicted octanol–water partition coefficient (Wildman–Crippen LogP) is 1.49. The summed E-state index contributed by atoms with van der Waals surface area (Å²) < 4.78 is 5.09. The van der Waals surface area contributed by atoms with Crippen molar-refractivity contribution >= 4 is 23.6 Å². The van der Waals surface area contributed by atoms with E-state index in [9.17, 15) is 9.59 Å². The Morgan fingerprint density at radius 1 is 1.39 bits per heavy atom. The van der Waals surface area contributed by atoms with E-state index in [4.69, 9.17) is 9.52 Å². The molecule has 2 heterocycles. The summed E-state index contributed by atoms with van der Waals surface area (Å²) in [6.07, 6.45) is 2.32. The zero-order valence-corrected chi connectivity index (χ0v) is 10.7. The highest BCUT2D eigenvalue weighted by atomic mass is 32.2. The van der Waals surface area contributed by atoms with Crippen molar-refractivity contribution in [1.29, 1.82) is 0 Å². The first-order valence-corrected chi connectivity index (χ1v) is 6.99. The van der Waals surface area contributed by atoms with Crippen LogP contribution >= 0.6 is 11.8 Å². The first-order chi connectivity index (χ1) is 8.68. The van der Waals surface area contributed by atoms with Gasteiger partial charge in [0.2, 0.25) is 5.91 Å². The third-order valence-corrected chi connectivity index (χ3v) is 3.91. The Labute approximate surface area is 109 Å². The van der Waals surface area contributed by atoms with Gasteiger partial charge in [-0.2, -0.15) is 11.8 Å². The van der Waals surface area contributed by atoms with Crippen molar-refractivity contribution in [3.8, 4) is 0 Å². The summed E-state index contributed by atoms with van der Waals surface area (Å²) in [7, 11) is 0. The maximum Gasteiger partial charge on any atom is 0.339 e. The van der Waals surface area contributed by atoms with Crippen LogP contribution in [0.5, 0.6) is 0 Å². The average molecular weight is 269 g/mol. The summed E-state index contributed by atoms with van der Waals surface area (Å²) in [6.45, 7) is 1.47. The fourth-order valence-electron chi connectivity index (χ4n) is 1.91. The van der Waals surface area contributed by atoms with E-state index in [2.05, 4.69) is 0 Å². The molecule has 0 unspecified atom stereocenters. The zero-order valence-electron chi connectivity index (χ0n) is 9.92. The molecule has 0 aliphatic carbocycles. The molecule has 6 heteroatoms. The molecular weight excluding hydrogens is 254 g/mol. The summed E-state index contributed by atoms with van der Waals surface area (Å²) in [5, 5.41) is 8.93. The Balaban J connectivity index is 2.01. The molecule has 5 nitrogen and oxygen atoms in total. The lowest BCUT2D eigenvalue weighted by atomic mass is 10.2. The van der Waals surface area contributed by atoms with Gasteiger partial charge in [0, 0.05) is 18.8 Å². The summed E-state index contributed by atoms with van der Waals surface area (Å²) in [6, 6.07) is 1.38. The monoisotopic (exact) mass is 269 g/mol. The van der Waals surface area contributed by atoms with Crippen LogP contribution in [-0.4, -0.2) is 46.5 Å². The van der Waals surface area contributed by atoms with Gasteiger partial charge >= 0.3 is 5.97 Å². The van der Waals surface area contributed by atoms with Crippen molar-refractivity contribution in [1.82, 2.24) is 4.90 Å². The number of carboxylic acids is 1.